The Balaban J connectivity index is 1.80. The van der Waals surface area contributed by atoms with Gasteiger partial charge in [-0.25, -0.2) is 4.79 Å². The van der Waals surface area contributed by atoms with Gasteiger partial charge < -0.3 is 19.9 Å². The standard InChI is InChI=1S/C27H30ClNO5S/c1-4-11-33-20-8-10-22(23(28)15-20)26(30)29-16-19-13-18(14-24(27(31)32)34-17(2)3)7-9-21(19)25-6-5-12-35-25/h5-10,12-13,15,17,24H,4,11,14,16H2,1-3H3,(H,29,30)(H,31,32). The number of amides is 1. The first-order chi connectivity index (χ1) is 16.8. The second-order valence-electron chi connectivity index (χ2n) is 8.36. The molecule has 2 N–H and O–H groups in total. The Morgan fingerprint density at radius 2 is 1.94 bits per heavy atom. The maximum atomic E-state index is 12.9. The van der Waals surface area contributed by atoms with Crippen molar-refractivity contribution < 1.29 is 24.2 Å². The minimum Gasteiger partial charge on any atom is -0.494 e. The summed E-state index contributed by atoms with van der Waals surface area (Å²) in [5.41, 5.74) is 3.04. The third kappa shape index (κ3) is 7.56. The third-order valence-corrected chi connectivity index (χ3v) is 6.40. The summed E-state index contributed by atoms with van der Waals surface area (Å²) in [5.74, 6) is -0.680. The predicted octanol–water partition coefficient (Wildman–Crippen LogP) is 6.21. The van der Waals surface area contributed by atoms with Gasteiger partial charge in [0.2, 0.25) is 0 Å². The summed E-state index contributed by atoms with van der Waals surface area (Å²) in [7, 11) is 0. The lowest BCUT2D eigenvalue weighted by Gasteiger charge is -2.18. The number of carboxylic acids is 1. The molecular formula is C27H30ClNO5S. The predicted molar refractivity (Wildman–Crippen MR) is 140 cm³/mol. The van der Waals surface area contributed by atoms with Crippen LogP contribution in [0.25, 0.3) is 10.4 Å². The van der Waals surface area contributed by atoms with Crippen LogP contribution >= 0.6 is 22.9 Å². The van der Waals surface area contributed by atoms with Crippen LogP contribution in [0.15, 0.2) is 53.9 Å². The van der Waals surface area contributed by atoms with Crippen LogP contribution in [0.2, 0.25) is 5.02 Å². The van der Waals surface area contributed by atoms with Crippen molar-refractivity contribution in [3.8, 4) is 16.2 Å². The number of ether oxygens (including phenoxy) is 2. The molecule has 2 aromatic carbocycles. The van der Waals surface area contributed by atoms with Crippen LogP contribution in [-0.4, -0.2) is 35.8 Å². The minimum absolute atomic E-state index is 0.205. The van der Waals surface area contributed by atoms with E-state index in [9.17, 15) is 14.7 Å². The van der Waals surface area contributed by atoms with E-state index in [1.54, 1.807) is 29.5 Å². The van der Waals surface area contributed by atoms with Crippen molar-refractivity contribution in [3.05, 3.63) is 75.6 Å². The van der Waals surface area contributed by atoms with Crippen LogP contribution < -0.4 is 10.1 Å². The van der Waals surface area contributed by atoms with Crippen LogP contribution in [0, 0.1) is 0 Å². The smallest absolute Gasteiger partial charge is 0.333 e. The molecule has 0 aliphatic carbocycles. The number of nitrogens with one attached hydrogen (secondary N) is 1. The molecule has 6 nitrogen and oxygen atoms in total. The molecule has 35 heavy (non-hydrogen) atoms. The molecule has 1 atom stereocenters. The summed E-state index contributed by atoms with van der Waals surface area (Å²) in [6.45, 7) is 6.47. The van der Waals surface area contributed by atoms with E-state index in [0.717, 1.165) is 28.0 Å². The second-order valence-corrected chi connectivity index (χ2v) is 9.71. The highest BCUT2D eigenvalue weighted by Crippen LogP contribution is 2.30. The van der Waals surface area contributed by atoms with Crippen LogP contribution in [0.4, 0.5) is 0 Å². The van der Waals surface area contributed by atoms with E-state index < -0.39 is 12.1 Å². The Morgan fingerprint density at radius 3 is 2.57 bits per heavy atom. The number of hydrogen-bond acceptors (Lipinski definition) is 5. The van der Waals surface area contributed by atoms with Gasteiger partial charge in [0.15, 0.2) is 6.10 Å². The van der Waals surface area contributed by atoms with E-state index >= 15 is 0 Å². The molecule has 186 valence electrons. The summed E-state index contributed by atoms with van der Waals surface area (Å²) in [6, 6.07) is 14.8. The molecule has 0 aliphatic heterocycles. The van der Waals surface area contributed by atoms with Gasteiger partial charge in [-0.1, -0.05) is 42.8 Å². The fraction of sp³-hybridized carbons (Fsp3) is 0.333. The fourth-order valence-corrected chi connectivity index (χ4v) is 4.63. The third-order valence-electron chi connectivity index (χ3n) is 5.19. The Labute approximate surface area is 214 Å². The first-order valence-electron chi connectivity index (χ1n) is 11.5. The first kappa shape index (κ1) is 26.7. The van der Waals surface area contributed by atoms with Crippen LogP contribution in [-0.2, 0) is 22.5 Å². The molecule has 3 rings (SSSR count). The van der Waals surface area contributed by atoms with Crippen molar-refractivity contribution in [2.24, 2.45) is 0 Å². The summed E-state index contributed by atoms with van der Waals surface area (Å²) in [4.78, 5) is 25.6. The van der Waals surface area contributed by atoms with E-state index in [1.807, 2.05) is 56.5 Å². The number of benzene rings is 2. The molecule has 0 radical (unpaired) electrons. The zero-order valence-electron chi connectivity index (χ0n) is 20.0. The van der Waals surface area contributed by atoms with Crippen molar-refractivity contribution in [2.45, 2.75) is 52.4 Å². The van der Waals surface area contributed by atoms with Gasteiger partial charge in [0.25, 0.3) is 5.91 Å². The van der Waals surface area contributed by atoms with Crippen molar-refractivity contribution >= 4 is 34.8 Å². The second kappa shape index (κ2) is 12.7. The lowest BCUT2D eigenvalue weighted by Crippen LogP contribution is -2.29. The van der Waals surface area contributed by atoms with Gasteiger partial charge in [-0.3, -0.25) is 4.79 Å². The largest absolute Gasteiger partial charge is 0.494 e. The molecule has 0 spiro atoms. The highest BCUT2D eigenvalue weighted by molar-refractivity contribution is 7.13. The fourth-order valence-electron chi connectivity index (χ4n) is 3.59. The lowest BCUT2D eigenvalue weighted by atomic mass is 9.99. The number of carboxylic acid groups (broad SMARTS) is 1. The zero-order valence-corrected chi connectivity index (χ0v) is 21.6. The quantitative estimate of drug-likeness (QED) is 0.299. The Bertz CT molecular complexity index is 1150. The molecule has 1 aromatic heterocycles. The summed E-state index contributed by atoms with van der Waals surface area (Å²) >= 11 is 7.94. The first-order valence-corrected chi connectivity index (χ1v) is 12.8. The van der Waals surface area contributed by atoms with Crippen LogP contribution in [0.1, 0.15) is 48.7 Å². The molecule has 0 saturated heterocycles. The number of carbonyl (C=O) groups excluding carboxylic acids is 1. The van der Waals surface area contributed by atoms with Gasteiger partial charge >= 0.3 is 5.97 Å². The van der Waals surface area contributed by atoms with Gasteiger partial charge in [-0.05, 0) is 66.6 Å². The molecule has 1 heterocycles. The zero-order chi connectivity index (χ0) is 25.4. The monoisotopic (exact) mass is 515 g/mol. The van der Waals surface area contributed by atoms with Crippen molar-refractivity contribution in [1.29, 1.82) is 0 Å². The van der Waals surface area contributed by atoms with Gasteiger partial charge in [0, 0.05) is 17.8 Å². The number of thiophene rings is 1. The van der Waals surface area contributed by atoms with E-state index in [-0.39, 0.29) is 25.0 Å². The minimum atomic E-state index is -1.00. The number of halogens is 1. The molecule has 0 saturated carbocycles. The molecule has 1 unspecified atom stereocenters. The van der Waals surface area contributed by atoms with Crippen molar-refractivity contribution in [2.75, 3.05) is 6.61 Å². The van der Waals surface area contributed by atoms with Crippen LogP contribution in [0.5, 0.6) is 5.75 Å². The maximum Gasteiger partial charge on any atom is 0.333 e. The van der Waals surface area contributed by atoms with Crippen molar-refractivity contribution in [1.82, 2.24) is 5.32 Å². The number of hydrogen-bond donors (Lipinski definition) is 2. The van der Waals surface area contributed by atoms with Crippen LogP contribution in [0.3, 0.4) is 0 Å². The molecular weight excluding hydrogens is 486 g/mol. The van der Waals surface area contributed by atoms with E-state index in [4.69, 9.17) is 21.1 Å². The average molecular weight is 516 g/mol. The van der Waals surface area contributed by atoms with Gasteiger partial charge in [-0.2, -0.15) is 0 Å². The Kier molecular flexibility index (Phi) is 9.72. The van der Waals surface area contributed by atoms with E-state index in [0.29, 0.717) is 22.9 Å². The highest BCUT2D eigenvalue weighted by atomic mass is 35.5. The molecule has 1 amide bonds. The number of aliphatic carboxylic acids is 1. The molecule has 0 aliphatic rings. The molecule has 8 heteroatoms. The molecule has 0 bridgehead atoms. The van der Waals surface area contributed by atoms with Gasteiger partial charge in [0.05, 0.1) is 23.3 Å². The highest BCUT2D eigenvalue weighted by Gasteiger charge is 2.21. The molecule has 0 fully saturated rings. The number of rotatable bonds is 12. The van der Waals surface area contributed by atoms with Crippen molar-refractivity contribution in [3.63, 3.8) is 0 Å². The summed E-state index contributed by atoms with van der Waals surface area (Å²) in [5, 5.41) is 14.8. The summed E-state index contributed by atoms with van der Waals surface area (Å²) < 4.78 is 11.1. The average Bonchev–Trinajstić information content (AvgIpc) is 3.35. The van der Waals surface area contributed by atoms with E-state index in [2.05, 4.69) is 5.32 Å². The normalized spacial score (nSPS) is 11.9. The lowest BCUT2D eigenvalue weighted by molar-refractivity contribution is -0.153. The Hall–Kier alpha value is -2.87. The van der Waals surface area contributed by atoms with E-state index in [1.165, 1.54) is 0 Å². The number of carbonyl (C=O) groups is 2. The summed E-state index contributed by atoms with van der Waals surface area (Å²) in [6.07, 6.45) is -0.0481. The SMILES string of the molecule is CCCOc1ccc(C(=O)NCc2cc(CC(OC(C)C)C(=O)O)ccc2-c2cccs2)c(Cl)c1. The van der Waals surface area contributed by atoms with Gasteiger partial charge in [-0.15, -0.1) is 11.3 Å². The molecule has 3 aromatic rings. The van der Waals surface area contributed by atoms with Gasteiger partial charge in [0.1, 0.15) is 5.75 Å². The Morgan fingerprint density at radius 1 is 1.14 bits per heavy atom. The maximum absolute atomic E-state index is 12.9. The topological polar surface area (TPSA) is 84.9 Å².